The second-order valence-corrected chi connectivity index (χ2v) is 17.0. The fourth-order valence-electron chi connectivity index (χ4n) is 7.55. The predicted octanol–water partition coefficient (Wildman–Crippen LogP) is 14.7. The van der Waals surface area contributed by atoms with Crippen LogP contribution in [0.5, 0.6) is 0 Å². The quantitative estimate of drug-likeness (QED) is 0.0365. The molecule has 0 heterocycles. The van der Waals surface area contributed by atoms with Crippen molar-refractivity contribution in [3.63, 3.8) is 0 Å². The van der Waals surface area contributed by atoms with Gasteiger partial charge in [-0.3, -0.25) is 4.79 Å². The van der Waals surface area contributed by atoms with Crippen molar-refractivity contribution in [2.75, 3.05) is 6.61 Å². The van der Waals surface area contributed by atoms with Gasteiger partial charge in [0, 0.05) is 0 Å². The van der Waals surface area contributed by atoms with Crippen LogP contribution in [0.15, 0.2) is 36.5 Å². The zero-order chi connectivity index (χ0) is 40.8. The Bertz CT molecular complexity index is 870. The summed E-state index contributed by atoms with van der Waals surface area (Å²) in [5, 5.41) is 33.2. The first-order valence-corrected chi connectivity index (χ1v) is 24.8. The Hall–Kier alpha value is -1.43. The molecule has 0 aromatic rings. The molecule has 3 atom stereocenters. The van der Waals surface area contributed by atoms with Crippen molar-refractivity contribution < 1.29 is 20.1 Å². The van der Waals surface area contributed by atoms with Crippen molar-refractivity contribution >= 4 is 5.91 Å². The van der Waals surface area contributed by atoms with Crippen LogP contribution in [-0.2, 0) is 4.79 Å². The molecule has 0 aromatic heterocycles. The molecule has 0 radical (unpaired) electrons. The number of unbranched alkanes of at least 4 members (excludes halogenated alkanes) is 33. The molecule has 0 rings (SSSR count). The third-order valence-electron chi connectivity index (χ3n) is 11.5. The molecule has 0 aliphatic carbocycles. The Morgan fingerprint density at radius 3 is 1.09 bits per heavy atom. The molecule has 1 amide bonds. The van der Waals surface area contributed by atoms with E-state index in [-0.39, 0.29) is 6.61 Å². The van der Waals surface area contributed by atoms with E-state index in [0.29, 0.717) is 6.42 Å². The molecule has 0 aliphatic heterocycles. The maximum absolute atomic E-state index is 12.5. The monoisotopic (exact) mass is 788 g/mol. The van der Waals surface area contributed by atoms with Crippen LogP contribution in [0.1, 0.15) is 258 Å². The lowest BCUT2D eigenvalue weighted by Gasteiger charge is -2.21. The predicted molar refractivity (Wildman–Crippen MR) is 245 cm³/mol. The number of nitrogens with one attached hydrogen (secondary N) is 1. The normalized spacial score (nSPS) is 13.7. The second kappa shape index (κ2) is 46.3. The van der Waals surface area contributed by atoms with E-state index in [0.717, 1.165) is 38.5 Å². The molecule has 5 heteroatoms. The largest absolute Gasteiger partial charge is 0.394 e. The van der Waals surface area contributed by atoms with Crippen LogP contribution in [0, 0.1) is 0 Å². The third kappa shape index (κ3) is 40.8. The van der Waals surface area contributed by atoms with Gasteiger partial charge in [-0.15, -0.1) is 0 Å². The van der Waals surface area contributed by atoms with Gasteiger partial charge in [0.05, 0.1) is 18.8 Å². The van der Waals surface area contributed by atoms with Crippen LogP contribution in [0.4, 0.5) is 0 Å². The van der Waals surface area contributed by atoms with Gasteiger partial charge in [0.2, 0.25) is 5.91 Å². The number of hydrogen-bond acceptors (Lipinski definition) is 4. The first-order chi connectivity index (χ1) is 27.6. The van der Waals surface area contributed by atoms with Crippen molar-refractivity contribution in [1.82, 2.24) is 5.32 Å². The van der Waals surface area contributed by atoms with Crippen LogP contribution >= 0.6 is 0 Å². The molecule has 4 N–H and O–H groups in total. The van der Waals surface area contributed by atoms with Crippen molar-refractivity contribution in [3.05, 3.63) is 36.5 Å². The van der Waals surface area contributed by atoms with E-state index in [4.69, 9.17) is 0 Å². The van der Waals surface area contributed by atoms with Crippen LogP contribution < -0.4 is 5.32 Å². The number of rotatable bonds is 45. The van der Waals surface area contributed by atoms with Gasteiger partial charge in [0.25, 0.3) is 0 Å². The minimum atomic E-state index is -1.11. The van der Waals surface area contributed by atoms with Crippen molar-refractivity contribution in [3.8, 4) is 0 Å². The summed E-state index contributed by atoms with van der Waals surface area (Å²) in [5.41, 5.74) is 0. The molecule has 0 saturated carbocycles. The summed E-state index contributed by atoms with van der Waals surface area (Å²) in [6.07, 6.45) is 59.1. The van der Waals surface area contributed by atoms with E-state index < -0.39 is 24.2 Å². The van der Waals surface area contributed by atoms with Gasteiger partial charge in [0.1, 0.15) is 6.10 Å². The summed E-state index contributed by atoms with van der Waals surface area (Å²) in [6, 6.07) is -0.817. The Labute approximate surface area is 349 Å². The van der Waals surface area contributed by atoms with E-state index in [1.54, 1.807) is 6.08 Å². The number of amides is 1. The van der Waals surface area contributed by atoms with E-state index in [2.05, 4.69) is 43.5 Å². The highest BCUT2D eigenvalue weighted by atomic mass is 16.3. The Morgan fingerprint density at radius 1 is 0.429 bits per heavy atom. The maximum atomic E-state index is 12.5. The van der Waals surface area contributed by atoms with Crippen LogP contribution in [0.3, 0.4) is 0 Å². The molecule has 0 saturated heterocycles. The zero-order valence-corrected chi connectivity index (χ0v) is 37.5. The smallest absolute Gasteiger partial charge is 0.249 e. The van der Waals surface area contributed by atoms with Gasteiger partial charge in [-0.2, -0.15) is 0 Å². The standard InChI is InChI=1S/C51H97NO4/c1-3-5-7-9-11-13-15-17-19-21-23-25-26-28-30-32-34-36-38-40-42-44-46-50(55)51(56)52-48(47-53)49(54)45-43-41-39-37-35-33-31-29-27-24-22-20-18-16-14-12-10-8-6-4-2/h28,30,35,37,43,45,48-50,53-55H,3-27,29,31-34,36,38-42,44,46-47H2,1-2H3,(H,52,56)/b30-28-,37-35+,45-43+. The van der Waals surface area contributed by atoms with Gasteiger partial charge in [-0.1, -0.05) is 237 Å². The summed E-state index contributed by atoms with van der Waals surface area (Å²) < 4.78 is 0. The molecule has 0 bridgehead atoms. The highest BCUT2D eigenvalue weighted by molar-refractivity contribution is 5.80. The summed E-state index contributed by atoms with van der Waals surface area (Å²) >= 11 is 0. The number of aliphatic hydroxyl groups excluding tert-OH is 3. The fraction of sp³-hybridized carbons (Fsp3) is 0.863. The first kappa shape index (κ1) is 54.6. The van der Waals surface area contributed by atoms with Gasteiger partial charge < -0.3 is 20.6 Å². The Kier molecular flexibility index (Phi) is 45.1. The molecule has 56 heavy (non-hydrogen) atoms. The summed E-state index contributed by atoms with van der Waals surface area (Å²) in [7, 11) is 0. The molecule has 0 aliphatic rings. The SMILES string of the molecule is CCCCCCCCCCCCCC/C=C\CCCCCCCCC(O)C(=O)NC(CO)C(O)/C=C/CC/C=C/CCCCCCCCCCCCCCCC. The van der Waals surface area contributed by atoms with Gasteiger partial charge >= 0.3 is 0 Å². The van der Waals surface area contributed by atoms with Crippen LogP contribution in [-0.4, -0.2) is 46.1 Å². The fourth-order valence-corrected chi connectivity index (χ4v) is 7.55. The molecule has 0 aromatic carbocycles. The van der Waals surface area contributed by atoms with E-state index in [9.17, 15) is 20.1 Å². The summed E-state index contributed by atoms with van der Waals surface area (Å²) in [4.78, 5) is 12.5. The number of carbonyl (C=O) groups is 1. The minimum Gasteiger partial charge on any atom is -0.394 e. The topological polar surface area (TPSA) is 89.8 Å². The number of allylic oxidation sites excluding steroid dienone is 5. The lowest BCUT2D eigenvalue weighted by atomic mass is 10.0. The Morgan fingerprint density at radius 2 is 0.732 bits per heavy atom. The van der Waals surface area contributed by atoms with E-state index in [1.165, 1.54) is 199 Å². The molecule has 0 fully saturated rings. The van der Waals surface area contributed by atoms with E-state index >= 15 is 0 Å². The molecule has 3 unspecified atom stereocenters. The lowest BCUT2D eigenvalue weighted by Crippen LogP contribution is -2.48. The number of aliphatic hydroxyl groups is 3. The maximum Gasteiger partial charge on any atom is 0.249 e. The molecule has 330 valence electrons. The van der Waals surface area contributed by atoms with Gasteiger partial charge in [0.15, 0.2) is 0 Å². The number of carbonyl (C=O) groups excluding carboxylic acids is 1. The second-order valence-electron chi connectivity index (χ2n) is 17.0. The van der Waals surface area contributed by atoms with Crippen LogP contribution in [0.25, 0.3) is 0 Å². The average molecular weight is 788 g/mol. The van der Waals surface area contributed by atoms with Crippen molar-refractivity contribution in [2.45, 2.75) is 276 Å². The zero-order valence-electron chi connectivity index (χ0n) is 37.5. The average Bonchev–Trinajstić information content (AvgIpc) is 3.20. The van der Waals surface area contributed by atoms with Crippen LogP contribution in [0.2, 0.25) is 0 Å². The molecular formula is C51H97NO4. The first-order valence-electron chi connectivity index (χ1n) is 24.8. The number of hydrogen-bond donors (Lipinski definition) is 4. The minimum absolute atomic E-state index is 0.377. The molecular weight excluding hydrogens is 691 g/mol. The third-order valence-corrected chi connectivity index (χ3v) is 11.5. The highest BCUT2D eigenvalue weighted by Crippen LogP contribution is 2.16. The lowest BCUT2D eigenvalue weighted by molar-refractivity contribution is -0.131. The molecule has 5 nitrogen and oxygen atoms in total. The van der Waals surface area contributed by atoms with Crippen molar-refractivity contribution in [1.29, 1.82) is 0 Å². The van der Waals surface area contributed by atoms with Crippen molar-refractivity contribution in [2.24, 2.45) is 0 Å². The highest BCUT2D eigenvalue weighted by Gasteiger charge is 2.22. The summed E-state index contributed by atoms with van der Waals surface area (Å²) in [6.45, 7) is 4.19. The van der Waals surface area contributed by atoms with Gasteiger partial charge in [-0.25, -0.2) is 0 Å². The molecule has 0 spiro atoms. The Balaban J connectivity index is 3.67. The van der Waals surface area contributed by atoms with E-state index in [1.807, 2.05) is 6.08 Å². The van der Waals surface area contributed by atoms with Gasteiger partial charge in [-0.05, 0) is 57.8 Å². The summed E-state index contributed by atoms with van der Waals surface area (Å²) in [5.74, 6) is -0.516.